The number of ether oxygens (including phenoxy) is 1. The highest BCUT2D eigenvalue weighted by Gasteiger charge is 2.42. The van der Waals surface area contributed by atoms with Crippen LogP contribution in [0.2, 0.25) is 0 Å². The second kappa shape index (κ2) is 4.79. The molecule has 0 aliphatic carbocycles. The molecule has 2 rings (SSSR count). The number of nitrogens with zero attached hydrogens (tertiary/aromatic N) is 1. The first-order valence-corrected chi connectivity index (χ1v) is 7.82. The number of carbonyl (C=O) groups excluding carboxylic acids is 1. The third-order valence-electron chi connectivity index (χ3n) is 3.56. The number of sulfone groups is 1. The summed E-state index contributed by atoms with van der Waals surface area (Å²) in [4.78, 5) is 13.8. The van der Waals surface area contributed by atoms with Gasteiger partial charge in [-0.05, 0) is 13.8 Å². The van der Waals surface area contributed by atoms with Crippen molar-refractivity contribution in [3.8, 4) is 0 Å². The molecule has 2 saturated heterocycles. The van der Waals surface area contributed by atoms with Gasteiger partial charge in [-0.1, -0.05) is 0 Å². The molecule has 6 nitrogen and oxygen atoms in total. The van der Waals surface area contributed by atoms with E-state index in [1.807, 2.05) is 0 Å². The minimum Gasteiger partial charge on any atom is -0.366 e. The molecule has 0 saturated carbocycles. The van der Waals surface area contributed by atoms with Crippen molar-refractivity contribution in [2.75, 3.05) is 38.5 Å². The molecule has 0 bridgehead atoms. The zero-order valence-corrected chi connectivity index (χ0v) is 11.6. The molecule has 0 spiro atoms. The van der Waals surface area contributed by atoms with Gasteiger partial charge in [-0.15, -0.1) is 0 Å². The maximum atomic E-state index is 12.2. The fraction of sp³-hybridized carbons (Fsp3) is 0.909. The van der Waals surface area contributed by atoms with Crippen molar-refractivity contribution in [1.29, 1.82) is 0 Å². The van der Waals surface area contributed by atoms with Crippen LogP contribution in [0.5, 0.6) is 0 Å². The SMILES string of the molecule is CC1(C)CN(C(=O)C2CNCCO2)CCS1(=O)=O. The summed E-state index contributed by atoms with van der Waals surface area (Å²) in [5.41, 5.74) is 0. The van der Waals surface area contributed by atoms with Gasteiger partial charge >= 0.3 is 0 Å². The van der Waals surface area contributed by atoms with Gasteiger partial charge in [0.15, 0.2) is 9.84 Å². The van der Waals surface area contributed by atoms with Gasteiger partial charge in [-0.2, -0.15) is 0 Å². The van der Waals surface area contributed by atoms with Crippen LogP contribution in [0.15, 0.2) is 0 Å². The van der Waals surface area contributed by atoms with Gasteiger partial charge in [0.25, 0.3) is 5.91 Å². The van der Waals surface area contributed by atoms with Crippen LogP contribution in [0.25, 0.3) is 0 Å². The Labute approximate surface area is 108 Å². The Morgan fingerprint density at radius 3 is 2.72 bits per heavy atom. The molecule has 0 aromatic heterocycles. The largest absolute Gasteiger partial charge is 0.366 e. The maximum absolute atomic E-state index is 12.2. The summed E-state index contributed by atoms with van der Waals surface area (Å²) in [5, 5.41) is 3.10. The fourth-order valence-electron chi connectivity index (χ4n) is 2.26. The standard InChI is InChI=1S/C11H20N2O4S/c1-11(2)8-13(4-6-18(11,15)16)10(14)9-7-12-3-5-17-9/h9,12H,3-8H2,1-2H3. The summed E-state index contributed by atoms with van der Waals surface area (Å²) in [6, 6.07) is 0. The van der Waals surface area contributed by atoms with E-state index in [1.165, 1.54) is 0 Å². The topological polar surface area (TPSA) is 75.7 Å². The summed E-state index contributed by atoms with van der Waals surface area (Å²) < 4.78 is 28.3. The van der Waals surface area contributed by atoms with E-state index in [1.54, 1.807) is 18.7 Å². The number of carbonyl (C=O) groups is 1. The molecule has 104 valence electrons. The molecule has 2 aliphatic rings. The van der Waals surface area contributed by atoms with E-state index < -0.39 is 20.7 Å². The predicted octanol–water partition coefficient (Wildman–Crippen LogP) is -0.990. The van der Waals surface area contributed by atoms with Crippen LogP contribution in [-0.2, 0) is 19.4 Å². The van der Waals surface area contributed by atoms with E-state index in [0.717, 1.165) is 6.54 Å². The zero-order valence-electron chi connectivity index (χ0n) is 10.8. The fourth-order valence-corrected chi connectivity index (χ4v) is 3.63. The Balaban J connectivity index is 2.05. The number of amides is 1. The van der Waals surface area contributed by atoms with E-state index in [9.17, 15) is 13.2 Å². The van der Waals surface area contributed by atoms with Crippen LogP contribution in [0, 0.1) is 0 Å². The monoisotopic (exact) mass is 276 g/mol. The number of hydrogen-bond donors (Lipinski definition) is 1. The first-order chi connectivity index (χ1) is 8.33. The number of hydrogen-bond acceptors (Lipinski definition) is 5. The average Bonchev–Trinajstić information content (AvgIpc) is 2.33. The van der Waals surface area contributed by atoms with Gasteiger partial charge in [-0.25, -0.2) is 8.42 Å². The van der Waals surface area contributed by atoms with Gasteiger partial charge in [0.2, 0.25) is 0 Å². The summed E-state index contributed by atoms with van der Waals surface area (Å²) in [6.45, 7) is 5.63. The van der Waals surface area contributed by atoms with Crippen LogP contribution in [0.3, 0.4) is 0 Å². The minimum absolute atomic E-state index is 0.0336. The predicted molar refractivity (Wildman–Crippen MR) is 67.1 cm³/mol. The van der Waals surface area contributed by atoms with Crippen molar-refractivity contribution in [2.24, 2.45) is 0 Å². The normalized spacial score (nSPS) is 31.0. The molecular weight excluding hydrogens is 256 g/mol. The Morgan fingerprint density at radius 2 is 2.17 bits per heavy atom. The molecule has 18 heavy (non-hydrogen) atoms. The molecule has 2 aliphatic heterocycles. The van der Waals surface area contributed by atoms with Crippen LogP contribution in [0.4, 0.5) is 0 Å². The van der Waals surface area contributed by atoms with E-state index in [4.69, 9.17) is 4.74 Å². The lowest BCUT2D eigenvalue weighted by molar-refractivity contribution is -0.145. The van der Waals surface area contributed by atoms with Gasteiger partial charge in [-0.3, -0.25) is 4.79 Å². The molecule has 1 atom stereocenters. The van der Waals surface area contributed by atoms with Crippen molar-refractivity contribution in [3.63, 3.8) is 0 Å². The highest BCUT2D eigenvalue weighted by Crippen LogP contribution is 2.24. The van der Waals surface area contributed by atoms with E-state index in [0.29, 0.717) is 13.2 Å². The van der Waals surface area contributed by atoms with Crippen LogP contribution in [-0.4, -0.2) is 68.6 Å². The van der Waals surface area contributed by atoms with Gasteiger partial charge < -0.3 is 15.0 Å². The molecule has 1 N–H and O–H groups in total. The highest BCUT2D eigenvalue weighted by atomic mass is 32.2. The molecule has 2 fully saturated rings. The lowest BCUT2D eigenvalue weighted by atomic mass is 10.1. The number of nitrogens with one attached hydrogen (secondary N) is 1. The molecule has 0 aromatic carbocycles. The average molecular weight is 276 g/mol. The van der Waals surface area contributed by atoms with Crippen LogP contribution >= 0.6 is 0 Å². The third-order valence-corrected chi connectivity index (χ3v) is 6.09. The smallest absolute Gasteiger partial charge is 0.253 e. The van der Waals surface area contributed by atoms with E-state index in [2.05, 4.69) is 5.32 Å². The van der Waals surface area contributed by atoms with Crippen molar-refractivity contribution in [2.45, 2.75) is 24.7 Å². The van der Waals surface area contributed by atoms with Gasteiger partial charge in [0.1, 0.15) is 6.10 Å². The van der Waals surface area contributed by atoms with Gasteiger partial charge in [0, 0.05) is 26.2 Å². The minimum atomic E-state index is -3.11. The highest BCUT2D eigenvalue weighted by molar-refractivity contribution is 7.92. The summed E-state index contributed by atoms with van der Waals surface area (Å²) >= 11 is 0. The Kier molecular flexibility index (Phi) is 3.66. The maximum Gasteiger partial charge on any atom is 0.253 e. The first-order valence-electron chi connectivity index (χ1n) is 6.17. The third kappa shape index (κ3) is 2.53. The number of rotatable bonds is 1. The lowest BCUT2D eigenvalue weighted by Crippen LogP contribution is -2.58. The van der Waals surface area contributed by atoms with E-state index >= 15 is 0 Å². The quantitative estimate of drug-likeness (QED) is 0.665. The number of morpholine rings is 1. The summed E-state index contributed by atoms with van der Waals surface area (Å²) in [7, 11) is -3.11. The molecular formula is C11H20N2O4S. The van der Waals surface area contributed by atoms with Crippen molar-refractivity contribution >= 4 is 15.7 Å². The Hall–Kier alpha value is -0.660. The molecule has 7 heteroatoms. The van der Waals surface area contributed by atoms with Crippen molar-refractivity contribution < 1.29 is 17.9 Å². The summed E-state index contributed by atoms with van der Waals surface area (Å²) in [5.74, 6) is -0.0727. The lowest BCUT2D eigenvalue weighted by Gasteiger charge is -2.39. The second-order valence-electron chi connectivity index (χ2n) is 5.40. The van der Waals surface area contributed by atoms with Crippen LogP contribution in [0.1, 0.15) is 13.8 Å². The van der Waals surface area contributed by atoms with Crippen molar-refractivity contribution in [3.05, 3.63) is 0 Å². The molecule has 0 aromatic rings. The molecule has 1 amide bonds. The molecule has 0 radical (unpaired) electrons. The first kappa shape index (κ1) is 13.8. The van der Waals surface area contributed by atoms with Crippen molar-refractivity contribution in [1.82, 2.24) is 10.2 Å². The zero-order chi connectivity index (χ0) is 13.4. The summed E-state index contributed by atoms with van der Waals surface area (Å²) in [6.07, 6.45) is -0.477. The van der Waals surface area contributed by atoms with E-state index in [-0.39, 0.29) is 24.7 Å². The van der Waals surface area contributed by atoms with Crippen LogP contribution < -0.4 is 5.32 Å². The molecule has 2 heterocycles. The Bertz CT molecular complexity index is 426. The molecule has 1 unspecified atom stereocenters. The Morgan fingerprint density at radius 1 is 1.44 bits per heavy atom. The second-order valence-corrected chi connectivity index (χ2v) is 8.14. The van der Waals surface area contributed by atoms with Gasteiger partial charge in [0.05, 0.1) is 17.1 Å².